The summed E-state index contributed by atoms with van der Waals surface area (Å²) in [7, 11) is 0. The van der Waals surface area contributed by atoms with Crippen LogP contribution in [0.15, 0.2) is 34.2 Å². The van der Waals surface area contributed by atoms with Crippen molar-refractivity contribution in [1.82, 2.24) is 10.3 Å². The molecule has 2 nitrogen and oxygen atoms in total. The number of nitrogens with one attached hydrogen (secondary N) is 1. The minimum Gasteiger partial charge on any atom is -0.304 e. The summed E-state index contributed by atoms with van der Waals surface area (Å²) in [6, 6.07) is 5.32. The van der Waals surface area contributed by atoms with Gasteiger partial charge in [-0.3, -0.25) is 0 Å². The van der Waals surface area contributed by atoms with E-state index >= 15 is 0 Å². The Hall–Kier alpha value is -0.780. The standard InChI is InChI=1S/C13H14BrFN2S/c1-2-12(13-16-5-6-18-13)17-8-9-3-4-10(14)7-11(9)15/h3-7,12,17H,2,8H2,1H3. The number of thiazole rings is 1. The first-order chi connectivity index (χ1) is 8.70. The molecule has 0 saturated heterocycles. The Kier molecular flexibility index (Phi) is 4.86. The Morgan fingerprint density at radius 2 is 2.33 bits per heavy atom. The lowest BCUT2D eigenvalue weighted by Crippen LogP contribution is -2.20. The minimum absolute atomic E-state index is 0.188. The second-order valence-electron chi connectivity index (χ2n) is 3.95. The molecule has 0 aliphatic rings. The van der Waals surface area contributed by atoms with Crippen molar-refractivity contribution in [2.75, 3.05) is 0 Å². The molecule has 5 heteroatoms. The van der Waals surface area contributed by atoms with Gasteiger partial charge < -0.3 is 5.32 Å². The molecule has 96 valence electrons. The van der Waals surface area contributed by atoms with Crippen LogP contribution in [0.5, 0.6) is 0 Å². The zero-order valence-corrected chi connectivity index (χ0v) is 12.4. The molecule has 0 aliphatic heterocycles. The van der Waals surface area contributed by atoms with Crippen molar-refractivity contribution >= 4 is 27.3 Å². The van der Waals surface area contributed by atoms with Crippen LogP contribution in [0.3, 0.4) is 0 Å². The number of halogens is 2. The largest absolute Gasteiger partial charge is 0.304 e. The van der Waals surface area contributed by atoms with Gasteiger partial charge in [-0.1, -0.05) is 28.9 Å². The van der Waals surface area contributed by atoms with E-state index in [1.54, 1.807) is 23.6 Å². The van der Waals surface area contributed by atoms with E-state index in [4.69, 9.17) is 0 Å². The summed E-state index contributed by atoms with van der Waals surface area (Å²) in [6.07, 6.45) is 2.73. The Bertz CT molecular complexity index is 502. The number of hydrogen-bond donors (Lipinski definition) is 1. The molecular weight excluding hydrogens is 315 g/mol. The van der Waals surface area contributed by atoms with Crippen LogP contribution in [0.2, 0.25) is 0 Å². The lowest BCUT2D eigenvalue weighted by atomic mass is 10.2. The molecule has 0 spiro atoms. The van der Waals surface area contributed by atoms with Crippen molar-refractivity contribution < 1.29 is 4.39 Å². The van der Waals surface area contributed by atoms with E-state index in [9.17, 15) is 4.39 Å². The molecule has 2 aromatic rings. The Morgan fingerprint density at radius 1 is 1.50 bits per heavy atom. The molecule has 1 aromatic carbocycles. The van der Waals surface area contributed by atoms with Gasteiger partial charge in [0.25, 0.3) is 0 Å². The predicted molar refractivity (Wildman–Crippen MR) is 76.1 cm³/mol. The average molecular weight is 329 g/mol. The van der Waals surface area contributed by atoms with Gasteiger partial charge in [-0.25, -0.2) is 9.37 Å². The van der Waals surface area contributed by atoms with E-state index in [2.05, 4.69) is 33.2 Å². The molecule has 0 radical (unpaired) electrons. The Morgan fingerprint density at radius 3 is 2.94 bits per heavy atom. The van der Waals surface area contributed by atoms with E-state index in [0.717, 1.165) is 15.9 Å². The zero-order chi connectivity index (χ0) is 13.0. The highest BCUT2D eigenvalue weighted by atomic mass is 79.9. The maximum atomic E-state index is 13.7. The van der Waals surface area contributed by atoms with Crippen LogP contribution in [0, 0.1) is 5.82 Å². The normalized spacial score (nSPS) is 12.6. The van der Waals surface area contributed by atoms with Crippen LogP contribution in [0.25, 0.3) is 0 Å². The van der Waals surface area contributed by atoms with Crippen molar-refractivity contribution in [3.63, 3.8) is 0 Å². The van der Waals surface area contributed by atoms with E-state index in [1.807, 2.05) is 11.4 Å². The number of aromatic nitrogens is 1. The first-order valence-electron chi connectivity index (χ1n) is 5.77. The average Bonchev–Trinajstić information content (AvgIpc) is 2.86. The van der Waals surface area contributed by atoms with Gasteiger partial charge in [-0.2, -0.15) is 0 Å². The van der Waals surface area contributed by atoms with E-state index < -0.39 is 0 Å². The highest BCUT2D eigenvalue weighted by Crippen LogP contribution is 2.20. The summed E-state index contributed by atoms with van der Waals surface area (Å²) < 4.78 is 14.4. The Labute approximate surface area is 118 Å². The van der Waals surface area contributed by atoms with Gasteiger partial charge in [-0.15, -0.1) is 11.3 Å². The van der Waals surface area contributed by atoms with Crippen molar-refractivity contribution in [2.45, 2.75) is 25.9 Å². The molecule has 1 heterocycles. The molecule has 18 heavy (non-hydrogen) atoms. The van der Waals surface area contributed by atoms with Crippen LogP contribution in [0.1, 0.15) is 30.0 Å². The van der Waals surface area contributed by atoms with Gasteiger partial charge in [0.2, 0.25) is 0 Å². The quantitative estimate of drug-likeness (QED) is 0.885. The lowest BCUT2D eigenvalue weighted by molar-refractivity contribution is 0.502. The minimum atomic E-state index is -0.189. The second kappa shape index (κ2) is 6.41. The maximum Gasteiger partial charge on any atom is 0.128 e. The van der Waals surface area contributed by atoms with Gasteiger partial charge in [0.05, 0.1) is 6.04 Å². The number of hydrogen-bond acceptors (Lipinski definition) is 3. The van der Waals surface area contributed by atoms with Crippen LogP contribution in [-0.4, -0.2) is 4.98 Å². The third-order valence-corrected chi connectivity index (χ3v) is 4.09. The van der Waals surface area contributed by atoms with Gasteiger partial charge in [0.1, 0.15) is 10.8 Å². The van der Waals surface area contributed by atoms with E-state index in [1.165, 1.54) is 6.07 Å². The molecule has 1 aromatic heterocycles. The van der Waals surface area contributed by atoms with E-state index in [-0.39, 0.29) is 11.9 Å². The summed E-state index contributed by atoms with van der Waals surface area (Å²) in [5.74, 6) is -0.189. The summed E-state index contributed by atoms with van der Waals surface area (Å²) in [4.78, 5) is 4.29. The van der Waals surface area contributed by atoms with Crippen LogP contribution in [0.4, 0.5) is 4.39 Å². The lowest BCUT2D eigenvalue weighted by Gasteiger charge is -2.14. The van der Waals surface area contributed by atoms with Crippen LogP contribution >= 0.6 is 27.3 Å². The maximum absolute atomic E-state index is 13.7. The predicted octanol–water partition coefficient (Wildman–Crippen LogP) is 4.29. The van der Waals surface area contributed by atoms with Gasteiger partial charge in [0, 0.05) is 28.2 Å². The molecule has 1 unspecified atom stereocenters. The monoisotopic (exact) mass is 328 g/mol. The topological polar surface area (TPSA) is 24.9 Å². The molecule has 2 rings (SSSR count). The molecule has 0 fully saturated rings. The molecule has 1 atom stereocenters. The highest BCUT2D eigenvalue weighted by molar-refractivity contribution is 9.10. The zero-order valence-electron chi connectivity index (χ0n) is 9.99. The third-order valence-electron chi connectivity index (χ3n) is 2.71. The van der Waals surface area contributed by atoms with Crippen molar-refractivity contribution in [3.05, 3.63) is 50.6 Å². The summed E-state index contributed by atoms with van der Waals surface area (Å²) in [6.45, 7) is 2.61. The van der Waals surface area contributed by atoms with Gasteiger partial charge in [0.15, 0.2) is 0 Å². The fourth-order valence-electron chi connectivity index (χ4n) is 1.71. The smallest absolute Gasteiger partial charge is 0.128 e. The number of rotatable bonds is 5. The van der Waals surface area contributed by atoms with Gasteiger partial charge in [-0.05, 0) is 18.6 Å². The third kappa shape index (κ3) is 3.37. The second-order valence-corrected chi connectivity index (χ2v) is 5.79. The molecule has 0 aliphatic carbocycles. The fraction of sp³-hybridized carbons (Fsp3) is 0.308. The number of nitrogens with zero attached hydrogens (tertiary/aromatic N) is 1. The van der Waals surface area contributed by atoms with Gasteiger partial charge >= 0.3 is 0 Å². The first-order valence-corrected chi connectivity index (χ1v) is 7.44. The number of benzene rings is 1. The van der Waals surface area contributed by atoms with Crippen molar-refractivity contribution in [1.29, 1.82) is 0 Å². The molecule has 1 N–H and O–H groups in total. The highest BCUT2D eigenvalue weighted by Gasteiger charge is 2.12. The summed E-state index contributed by atoms with van der Waals surface area (Å²) in [5.41, 5.74) is 0.674. The van der Waals surface area contributed by atoms with Crippen molar-refractivity contribution in [3.8, 4) is 0 Å². The summed E-state index contributed by atoms with van der Waals surface area (Å²) >= 11 is 4.88. The summed E-state index contributed by atoms with van der Waals surface area (Å²) in [5, 5.41) is 6.35. The molecule has 0 amide bonds. The SMILES string of the molecule is CCC(NCc1ccc(Br)cc1F)c1nccs1. The van der Waals surface area contributed by atoms with Crippen molar-refractivity contribution in [2.24, 2.45) is 0 Å². The Balaban J connectivity index is 2.02. The first kappa shape index (κ1) is 13.6. The van der Waals surface area contributed by atoms with Crippen LogP contribution < -0.4 is 5.32 Å². The fourth-order valence-corrected chi connectivity index (χ4v) is 2.84. The molecule has 0 saturated carbocycles. The van der Waals surface area contributed by atoms with Crippen LogP contribution in [-0.2, 0) is 6.54 Å². The molecule has 0 bridgehead atoms. The molecular formula is C13H14BrFN2S. The van der Waals surface area contributed by atoms with E-state index in [0.29, 0.717) is 12.1 Å².